The first-order chi connectivity index (χ1) is 9.44. The molecule has 2 heterocycles. The minimum absolute atomic E-state index is 0.0712. The number of nitrogens with two attached hydrogens (primary N) is 1. The third-order valence-corrected chi connectivity index (χ3v) is 5.21. The lowest BCUT2D eigenvalue weighted by Gasteiger charge is -2.09. The van der Waals surface area contributed by atoms with Crippen molar-refractivity contribution in [1.82, 2.24) is 9.78 Å². The van der Waals surface area contributed by atoms with Crippen LogP contribution in [0.3, 0.4) is 0 Å². The lowest BCUT2D eigenvalue weighted by atomic mass is 10.1. The van der Waals surface area contributed by atoms with Gasteiger partial charge in [-0.25, -0.2) is 17.5 Å². The molecule has 1 aromatic carbocycles. The summed E-state index contributed by atoms with van der Waals surface area (Å²) < 4.78 is 37.5. The molecule has 7 heteroatoms. The Morgan fingerprint density at radius 1 is 1.30 bits per heavy atom. The van der Waals surface area contributed by atoms with E-state index in [0.717, 1.165) is 5.56 Å². The molecule has 0 amide bonds. The zero-order valence-corrected chi connectivity index (χ0v) is 11.5. The first-order valence-corrected chi connectivity index (χ1v) is 8.08. The van der Waals surface area contributed by atoms with Gasteiger partial charge in [-0.1, -0.05) is 0 Å². The summed E-state index contributed by atoms with van der Waals surface area (Å²) >= 11 is 0. The van der Waals surface area contributed by atoms with E-state index < -0.39 is 9.84 Å². The molecule has 1 aromatic heterocycles. The Kier molecular flexibility index (Phi) is 3.01. The van der Waals surface area contributed by atoms with E-state index in [2.05, 4.69) is 5.10 Å². The summed E-state index contributed by atoms with van der Waals surface area (Å²) in [4.78, 5) is 0. The van der Waals surface area contributed by atoms with Gasteiger partial charge in [-0.3, -0.25) is 0 Å². The van der Waals surface area contributed by atoms with Crippen molar-refractivity contribution in [3.63, 3.8) is 0 Å². The third kappa shape index (κ3) is 2.40. The van der Waals surface area contributed by atoms with Gasteiger partial charge in [-0.05, 0) is 30.7 Å². The summed E-state index contributed by atoms with van der Waals surface area (Å²) in [5, 5.41) is 4.36. The molecule has 2 N–H and O–H groups in total. The van der Waals surface area contributed by atoms with Gasteiger partial charge >= 0.3 is 0 Å². The standard InChI is InChI=1S/C13H14FN3O2S/c14-10-3-1-9(2-4-10)12-7-13(15)17(16-12)11-5-6-20(18,19)8-11/h1-4,7,11H,5-6,8,15H2. The predicted octanol–water partition coefficient (Wildman–Crippen LogP) is 1.63. The van der Waals surface area contributed by atoms with Crippen molar-refractivity contribution >= 4 is 15.7 Å². The van der Waals surface area contributed by atoms with Crippen molar-refractivity contribution in [1.29, 1.82) is 0 Å². The minimum Gasteiger partial charge on any atom is -0.384 e. The topological polar surface area (TPSA) is 78.0 Å². The second-order valence-electron chi connectivity index (χ2n) is 4.96. The SMILES string of the molecule is Nc1cc(-c2ccc(F)cc2)nn1C1CCS(=O)(=O)C1. The summed E-state index contributed by atoms with van der Waals surface area (Å²) in [6, 6.07) is 7.40. The van der Waals surface area contributed by atoms with Gasteiger partial charge in [0, 0.05) is 11.6 Å². The monoisotopic (exact) mass is 295 g/mol. The third-order valence-electron chi connectivity index (χ3n) is 3.46. The Labute approximate surface area is 116 Å². The number of benzene rings is 1. The summed E-state index contributed by atoms with van der Waals surface area (Å²) in [6.45, 7) is 0. The van der Waals surface area contributed by atoms with Crippen LogP contribution in [-0.2, 0) is 9.84 Å². The molecule has 1 fully saturated rings. The quantitative estimate of drug-likeness (QED) is 0.913. The number of rotatable bonds is 2. The molecule has 5 nitrogen and oxygen atoms in total. The molecule has 1 unspecified atom stereocenters. The number of hydrogen-bond acceptors (Lipinski definition) is 4. The fourth-order valence-electron chi connectivity index (χ4n) is 2.43. The summed E-state index contributed by atoms with van der Waals surface area (Å²) in [7, 11) is -2.99. The Morgan fingerprint density at radius 2 is 2.00 bits per heavy atom. The molecule has 0 aliphatic carbocycles. The van der Waals surface area contributed by atoms with Crippen LogP contribution in [0.15, 0.2) is 30.3 Å². The van der Waals surface area contributed by atoms with Crippen molar-refractivity contribution in [3.8, 4) is 11.3 Å². The second-order valence-corrected chi connectivity index (χ2v) is 7.19. The number of halogens is 1. The van der Waals surface area contributed by atoms with Crippen LogP contribution in [0.1, 0.15) is 12.5 Å². The maximum absolute atomic E-state index is 12.9. The molecular formula is C13H14FN3O2S. The first-order valence-electron chi connectivity index (χ1n) is 6.26. The molecular weight excluding hydrogens is 281 g/mol. The molecule has 1 aliphatic heterocycles. The fourth-order valence-corrected chi connectivity index (χ4v) is 4.12. The van der Waals surface area contributed by atoms with Gasteiger partial charge in [0.1, 0.15) is 11.6 Å². The summed E-state index contributed by atoms with van der Waals surface area (Å²) in [5.74, 6) is 0.347. The minimum atomic E-state index is -2.99. The van der Waals surface area contributed by atoms with Gasteiger partial charge in [-0.15, -0.1) is 0 Å². The van der Waals surface area contributed by atoms with E-state index in [0.29, 0.717) is 17.9 Å². The highest BCUT2D eigenvalue weighted by atomic mass is 32.2. The fraction of sp³-hybridized carbons (Fsp3) is 0.308. The molecule has 0 saturated carbocycles. The van der Waals surface area contributed by atoms with Crippen LogP contribution in [0.25, 0.3) is 11.3 Å². The predicted molar refractivity (Wildman–Crippen MR) is 74.3 cm³/mol. The van der Waals surface area contributed by atoms with Gasteiger partial charge in [0.25, 0.3) is 0 Å². The normalized spacial score (nSPS) is 21.1. The molecule has 0 spiro atoms. The molecule has 106 valence electrons. The second kappa shape index (κ2) is 4.59. The molecule has 2 aromatic rings. The molecule has 1 aliphatic rings. The van der Waals surface area contributed by atoms with Gasteiger partial charge in [0.2, 0.25) is 0 Å². The Morgan fingerprint density at radius 3 is 2.60 bits per heavy atom. The van der Waals surface area contributed by atoms with Crippen LogP contribution < -0.4 is 5.73 Å². The van der Waals surface area contributed by atoms with Gasteiger partial charge in [0.05, 0.1) is 23.2 Å². The van der Waals surface area contributed by atoms with Crippen LogP contribution in [0.4, 0.5) is 10.2 Å². The molecule has 3 rings (SSSR count). The lowest BCUT2D eigenvalue weighted by Crippen LogP contribution is -2.14. The Bertz CT molecular complexity index is 737. The van der Waals surface area contributed by atoms with E-state index >= 15 is 0 Å². The molecule has 1 atom stereocenters. The number of sulfone groups is 1. The van der Waals surface area contributed by atoms with Crippen LogP contribution >= 0.6 is 0 Å². The molecule has 0 bridgehead atoms. The average Bonchev–Trinajstić information content (AvgIpc) is 2.93. The number of aromatic nitrogens is 2. The summed E-state index contributed by atoms with van der Waals surface area (Å²) in [5.41, 5.74) is 7.27. The Hall–Kier alpha value is -1.89. The summed E-state index contributed by atoms with van der Waals surface area (Å²) in [6.07, 6.45) is 0.525. The van der Waals surface area contributed by atoms with Crippen molar-refractivity contribution in [2.24, 2.45) is 0 Å². The highest BCUT2D eigenvalue weighted by Gasteiger charge is 2.30. The lowest BCUT2D eigenvalue weighted by molar-refractivity contribution is 0.508. The van der Waals surface area contributed by atoms with Crippen LogP contribution in [-0.4, -0.2) is 29.7 Å². The van der Waals surface area contributed by atoms with Crippen molar-refractivity contribution < 1.29 is 12.8 Å². The van der Waals surface area contributed by atoms with Crippen LogP contribution in [0, 0.1) is 5.82 Å². The maximum atomic E-state index is 12.9. The zero-order valence-electron chi connectivity index (χ0n) is 10.7. The van der Waals surface area contributed by atoms with Crippen molar-refractivity contribution in [2.45, 2.75) is 12.5 Å². The largest absolute Gasteiger partial charge is 0.384 e. The van der Waals surface area contributed by atoms with Crippen LogP contribution in [0.5, 0.6) is 0 Å². The van der Waals surface area contributed by atoms with E-state index in [1.165, 1.54) is 12.1 Å². The smallest absolute Gasteiger partial charge is 0.152 e. The number of nitrogen functional groups attached to an aromatic ring is 1. The van der Waals surface area contributed by atoms with E-state index in [4.69, 9.17) is 5.73 Å². The van der Waals surface area contributed by atoms with Gasteiger partial charge < -0.3 is 5.73 Å². The maximum Gasteiger partial charge on any atom is 0.152 e. The van der Waals surface area contributed by atoms with Gasteiger partial charge in [-0.2, -0.15) is 5.10 Å². The van der Waals surface area contributed by atoms with Gasteiger partial charge in [0.15, 0.2) is 9.84 Å². The highest BCUT2D eigenvalue weighted by Crippen LogP contribution is 2.28. The van der Waals surface area contributed by atoms with Crippen molar-refractivity contribution in [2.75, 3.05) is 17.2 Å². The molecule has 1 saturated heterocycles. The van der Waals surface area contributed by atoms with E-state index in [9.17, 15) is 12.8 Å². The number of anilines is 1. The van der Waals surface area contributed by atoms with Crippen molar-refractivity contribution in [3.05, 3.63) is 36.1 Å². The highest BCUT2D eigenvalue weighted by molar-refractivity contribution is 7.91. The zero-order chi connectivity index (χ0) is 14.3. The van der Waals surface area contributed by atoms with E-state index in [1.54, 1.807) is 22.9 Å². The van der Waals surface area contributed by atoms with Crippen LogP contribution in [0.2, 0.25) is 0 Å². The molecule has 0 radical (unpaired) electrons. The molecule has 20 heavy (non-hydrogen) atoms. The van der Waals surface area contributed by atoms with E-state index in [-0.39, 0.29) is 23.4 Å². The first kappa shape index (κ1) is 13.1. The van der Waals surface area contributed by atoms with E-state index in [1.807, 2.05) is 0 Å². The number of hydrogen-bond donors (Lipinski definition) is 1. The number of nitrogens with zero attached hydrogens (tertiary/aromatic N) is 2. The average molecular weight is 295 g/mol. The Balaban J connectivity index is 1.93.